The van der Waals surface area contributed by atoms with Crippen LogP contribution < -0.4 is 5.32 Å². The van der Waals surface area contributed by atoms with Gasteiger partial charge in [0.05, 0.1) is 0 Å². The van der Waals surface area contributed by atoms with Gasteiger partial charge in [0.1, 0.15) is 0 Å². The first-order valence-corrected chi connectivity index (χ1v) is 6.95. The summed E-state index contributed by atoms with van der Waals surface area (Å²) in [5.74, 6) is 1.97. The molecule has 0 aliphatic carbocycles. The van der Waals surface area contributed by atoms with Crippen LogP contribution in [-0.4, -0.2) is 23.5 Å². The molecule has 0 saturated heterocycles. The summed E-state index contributed by atoms with van der Waals surface area (Å²) >= 11 is 1.92. The number of nitrogens with one attached hydrogen (secondary N) is 1. The van der Waals surface area contributed by atoms with E-state index >= 15 is 0 Å². The fourth-order valence-corrected chi connectivity index (χ4v) is 1.92. The minimum atomic E-state index is 0.208. The number of hydrogen-bond acceptors (Lipinski definition) is 2. The third-order valence-corrected chi connectivity index (χ3v) is 3.23. The van der Waals surface area contributed by atoms with Gasteiger partial charge in [0.25, 0.3) is 0 Å². The zero-order valence-electron chi connectivity index (χ0n) is 10.5. The van der Waals surface area contributed by atoms with E-state index in [4.69, 9.17) is 0 Å². The third-order valence-electron chi connectivity index (χ3n) is 2.04. The van der Waals surface area contributed by atoms with Crippen LogP contribution in [0.3, 0.4) is 0 Å². The molecule has 0 aromatic rings. The van der Waals surface area contributed by atoms with Crippen molar-refractivity contribution in [3.63, 3.8) is 0 Å². The molecule has 15 heavy (non-hydrogen) atoms. The Kier molecular flexibility index (Phi) is 8.97. The van der Waals surface area contributed by atoms with E-state index in [9.17, 15) is 4.79 Å². The highest BCUT2D eigenvalue weighted by Crippen LogP contribution is 2.11. The van der Waals surface area contributed by atoms with Crippen LogP contribution in [-0.2, 0) is 4.79 Å². The topological polar surface area (TPSA) is 29.1 Å². The predicted molar refractivity (Wildman–Crippen MR) is 69.3 cm³/mol. The molecule has 0 heterocycles. The lowest BCUT2D eigenvalue weighted by molar-refractivity contribution is -0.121. The summed E-state index contributed by atoms with van der Waals surface area (Å²) < 4.78 is 0. The van der Waals surface area contributed by atoms with Crippen molar-refractivity contribution in [3.05, 3.63) is 0 Å². The first-order chi connectivity index (χ1) is 7.02. The lowest BCUT2D eigenvalue weighted by Gasteiger charge is -2.07. The van der Waals surface area contributed by atoms with E-state index in [2.05, 4.69) is 33.0 Å². The van der Waals surface area contributed by atoms with Crippen LogP contribution in [0.4, 0.5) is 0 Å². The van der Waals surface area contributed by atoms with Gasteiger partial charge in [-0.15, -0.1) is 0 Å². The SMILES string of the molecule is CC(C)CCNC(=O)CCCSC(C)C. The average molecular weight is 231 g/mol. The Morgan fingerprint density at radius 3 is 2.47 bits per heavy atom. The van der Waals surface area contributed by atoms with Crippen LogP contribution in [0.5, 0.6) is 0 Å². The maximum absolute atomic E-state index is 11.3. The van der Waals surface area contributed by atoms with Crippen LogP contribution in [0.1, 0.15) is 47.0 Å². The summed E-state index contributed by atoms with van der Waals surface area (Å²) in [7, 11) is 0. The first-order valence-electron chi connectivity index (χ1n) is 5.90. The Morgan fingerprint density at radius 2 is 1.93 bits per heavy atom. The number of hydrogen-bond donors (Lipinski definition) is 1. The number of rotatable bonds is 8. The van der Waals surface area contributed by atoms with Gasteiger partial charge in [0.2, 0.25) is 5.91 Å². The highest BCUT2D eigenvalue weighted by atomic mass is 32.2. The van der Waals surface area contributed by atoms with Gasteiger partial charge in [-0.1, -0.05) is 27.7 Å². The molecule has 0 unspecified atom stereocenters. The lowest BCUT2D eigenvalue weighted by atomic mass is 10.1. The quantitative estimate of drug-likeness (QED) is 0.650. The second kappa shape index (κ2) is 9.08. The van der Waals surface area contributed by atoms with Crippen molar-refractivity contribution in [1.29, 1.82) is 0 Å². The van der Waals surface area contributed by atoms with E-state index in [1.165, 1.54) is 0 Å². The predicted octanol–water partition coefficient (Wildman–Crippen LogP) is 3.07. The average Bonchev–Trinajstić information content (AvgIpc) is 2.11. The van der Waals surface area contributed by atoms with Crippen LogP contribution in [0, 0.1) is 5.92 Å². The fourth-order valence-electron chi connectivity index (χ4n) is 1.14. The minimum Gasteiger partial charge on any atom is -0.356 e. The van der Waals surface area contributed by atoms with Gasteiger partial charge < -0.3 is 5.32 Å². The Balaban J connectivity index is 3.26. The Bertz CT molecular complexity index is 169. The molecule has 0 aromatic heterocycles. The van der Waals surface area contributed by atoms with Gasteiger partial charge in [-0.2, -0.15) is 11.8 Å². The first kappa shape index (κ1) is 14.8. The van der Waals surface area contributed by atoms with Gasteiger partial charge in [-0.3, -0.25) is 4.79 Å². The van der Waals surface area contributed by atoms with Gasteiger partial charge >= 0.3 is 0 Å². The van der Waals surface area contributed by atoms with E-state index in [1.807, 2.05) is 11.8 Å². The smallest absolute Gasteiger partial charge is 0.220 e. The molecule has 0 bridgehead atoms. The summed E-state index contributed by atoms with van der Waals surface area (Å²) in [6.07, 6.45) is 2.75. The largest absolute Gasteiger partial charge is 0.356 e. The number of carbonyl (C=O) groups excluding carboxylic acids is 1. The maximum Gasteiger partial charge on any atom is 0.220 e. The molecule has 1 amide bonds. The zero-order chi connectivity index (χ0) is 11.7. The van der Waals surface area contributed by atoms with Gasteiger partial charge in [0, 0.05) is 13.0 Å². The summed E-state index contributed by atoms with van der Waals surface area (Å²) in [4.78, 5) is 11.3. The van der Waals surface area contributed by atoms with E-state index in [-0.39, 0.29) is 5.91 Å². The van der Waals surface area contributed by atoms with Crippen molar-refractivity contribution < 1.29 is 4.79 Å². The van der Waals surface area contributed by atoms with Crippen LogP contribution >= 0.6 is 11.8 Å². The monoisotopic (exact) mass is 231 g/mol. The summed E-state index contributed by atoms with van der Waals surface area (Å²) in [6, 6.07) is 0. The molecule has 90 valence electrons. The Labute approximate surface area is 98.6 Å². The molecular formula is C12H25NOS. The van der Waals surface area contributed by atoms with Gasteiger partial charge in [-0.05, 0) is 29.8 Å². The van der Waals surface area contributed by atoms with Crippen molar-refractivity contribution in [2.24, 2.45) is 5.92 Å². The van der Waals surface area contributed by atoms with Crippen molar-refractivity contribution in [2.75, 3.05) is 12.3 Å². The van der Waals surface area contributed by atoms with Crippen molar-refractivity contribution >= 4 is 17.7 Å². The highest BCUT2D eigenvalue weighted by Gasteiger charge is 2.02. The van der Waals surface area contributed by atoms with Crippen LogP contribution in [0.25, 0.3) is 0 Å². The molecular weight excluding hydrogens is 206 g/mol. The standard InChI is InChI=1S/C12H25NOS/c1-10(2)7-8-13-12(14)6-5-9-15-11(3)4/h10-11H,5-9H2,1-4H3,(H,13,14). The molecule has 0 aliphatic heterocycles. The summed E-state index contributed by atoms with van der Waals surface area (Å²) in [6.45, 7) is 9.55. The van der Waals surface area contributed by atoms with Crippen LogP contribution in [0.2, 0.25) is 0 Å². The normalized spacial score (nSPS) is 11.1. The second-order valence-corrected chi connectivity index (χ2v) is 6.24. The number of thioether (sulfide) groups is 1. The molecule has 0 saturated carbocycles. The summed E-state index contributed by atoms with van der Waals surface area (Å²) in [5.41, 5.74) is 0. The molecule has 0 rings (SSSR count). The molecule has 2 nitrogen and oxygen atoms in total. The molecule has 1 N–H and O–H groups in total. The number of amides is 1. The molecule has 0 radical (unpaired) electrons. The van der Waals surface area contributed by atoms with Crippen LogP contribution in [0.15, 0.2) is 0 Å². The number of carbonyl (C=O) groups is 1. The fraction of sp³-hybridized carbons (Fsp3) is 0.917. The molecule has 3 heteroatoms. The Morgan fingerprint density at radius 1 is 1.27 bits per heavy atom. The zero-order valence-corrected chi connectivity index (χ0v) is 11.3. The molecule has 0 atom stereocenters. The third kappa shape index (κ3) is 11.7. The van der Waals surface area contributed by atoms with E-state index in [0.29, 0.717) is 17.6 Å². The molecule has 0 aliphatic rings. The van der Waals surface area contributed by atoms with E-state index < -0.39 is 0 Å². The minimum absolute atomic E-state index is 0.208. The van der Waals surface area contributed by atoms with Crippen molar-refractivity contribution in [3.8, 4) is 0 Å². The Hall–Kier alpha value is -0.180. The highest BCUT2D eigenvalue weighted by molar-refractivity contribution is 7.99. The van der Waals surface area contributed by atoms with Crippen molar-refractivity contribution in [1.82, 2.24) is 5.32 Å². The molecule has 0 fully saturated rings. The molecule has 0 aromatic carbocycles. The van der Waals surface area contributed by atoms with Crippen molar-refractivity contribution in [2.45, 2.75) is 52.2 Å². The van der Waals surface area contributed by atoms with E-state index in [0.717, 1.165) is 25.1 Å². The maximum atomic E-state index is 11.3. The lowest BCUT2D eigenvalue weighted by Crippen LogP contribution is -2.25. The molecule has 0 spiro atoms. The van der Waals surface area contributed by atoms with Gasteiger partial charge in [0.15, 0.2) is 0 Å². The summed E-state index contributed by atoms with van der Waals surface area (Å²) in [5, 5.41) is 3.63. The van der Waals surface area contributed by atoms with Gasteiger partial charge in [-0.25, -0.2) is 0 Å². The van der Waals surface area contributed by atoms with E-state index in [1.54, 1.807) is 0 Å². The second-order valence-electron chi connectivity index (χ2n) is 4.56.